The van der Waals surface area contributed by atoms with Crippen molar-refractivity contribution in [3.8, 4) is 11.2 Å². The third-order valence-electron chi connectivity index (χ3n) is 2.54. The van der Waals surface area contributed by atoms with Crippen LogP contribution < -0.4 is 0 Å². The predicted octanol–water partition coefficient (Wildman–Crippen LogP) is 4.58. The van der Waals surface area contributed by atoms with Gasteiger partial charge in [0.25, 0.3) is 0 Å². The summed E-state index contributed by atoms with van der Waals surface area (Å²) in [7, 11) is 0. The van der Waals surface area contributed by atoms with Crippen molar-refractivity contribution in [2.75, 3.05) is 5.75 Å². The zero-order chi connectivity index (χ0) is 12.1. The summed E-state index contributed by atoms with van der Waals surface area (Å²) >= 11 is 3.61. The van der Waals surface area contributed by atoms with Crippen LogP contribution >= 0.6 is 23.5 Å². The molecule has 1 aromatic carbocycles. The zero-order valence-electron chi connectivity index (χ0n) is 10.2. The van der Waals surface area contributed by atoms with Gasteiger partial charge in [-0.15, -0.1) is 0 Å². The standard InChI is InChI=1S/C15H16S2/c1-15(2)12-13(9-11-17-15)8-10-16-14-6-4-3-5-7-14/h3-7,9H,11-12H2,1-2H3. The molecule has 2 heteroatoms. The minimum absolute atomic E-state index is 0.343. The summed E-state index contributed by atoms with van der Waals surface area (Å²) < 4.78 is 0.343. The molecular formula is C15H16S2. The monoisotopic (exact) mass is 260 g/mol. The number of rotatable bonds is 1. The maximum absolute atomic E-state index is 3.29. The molecule has 0 saturated carbocycles. The molecule has 1 aliphatic heterocycles. The number of allylic oxidation sites excluding steroid dienone is 1. The highest BCUT2D eigenvalue weighted by molar-refractivity contribution is 8.04. The third kappa shape index (κ3) is 4.18. The zero-order valence-corrected chi connectivity index (χ0v) is 11.8. The summed E-state index contributed by atoms with van der Waals surface area (Å²) in [6.07, 6.45) is 3.34. The topological polar surface area (TPSA) is 0 Å². The van der Waals surface area contributed by atoms with Crippen molar-refractivity contribution in [3.63, 3.8) is 0 Å². The van der Waals surface area contributed by atoms with E-state index in [0.717, 1.165) is 12.2 Å². The lowest BCUT2D eigenvalue weighted by Gasteiger charge is -2.27. The molecule has 0 bridgehead atoms. The second-order valence-electron chi connectivity index (χ2n) is 4.62. The van der Waals surface area contributed by atoms with Crippen molar-refractivity contribution < 1.29 is 0 Å². The van der Waals surface area contributed by atoms with Crippen molar-refractivity contribution in [1.29, 1.82) is 0 Å². The van der Waals surface area contributed by atoms with Crippen LogP contribution in [0.15, 0.2) is 46.9 Å². The van der Waals surface area contributed by atoms with Crippen LogP contribution in [0.3, 0.4) is 0 Å². The van der Waals surface area contributed by atoms with Gasteiger partial charge in [-0.1, -0.05) is 44.0 Å². The van der Waals surface area contributed by atoms with Crippen molar-refractivity contribution in [2.45, 2.75) is 29.9 Å². The quantitative estimate of drug-likeness (QED) is 0.535. The summed E-state index contributed by atoms with van der Waals surface area (Å²) in [4.78, 5) is 1.21. The SMILES string of the molecule is CC1(C)CC(C#CSc2ccccc2)=CCS1. The Morgan fingerprint density at radius 2 is 2.00 bits per heavy atom. The van der Waals surface area contributed by atoms with Crippen LogP contribution in [0, 0.1) is 11.2 Å². The molecule has 17 heavy (non-hydrogen) atoms. The van der Waals surface area contributed by atoms with Gasteiger partial charge in [0.1, 0.15) is 0 Å². The first-order valence-electron chi connectivity index (χ1n) is 5.72. The van der Waals surface area contributed by atoms with E-state index in [2.05, 4.69) is 43.2 Å². The molecule has 1 heterocycles. The highest BCUT2D eigenvalue weighted by Crippen LogP contribution is 2.35. The molecule has 1 aliphatic rings. The number of benzene rings is 1. The second kappa shape index (κ2) is 5.71. The van der Waals surface area contributed by atoms with Gasteiger partial charge in [-0.25, -0.2) is 0 Å². The lowest BCUT2D eigenvalue weighted by molar-refractivity contribution is 0.707. The van der Waals surface area contributed by atoms with Crippen LogP contribution in [-0.4, -0.2) is 10.5 Å². The molecule has 0 aliphatic carbocycles. The Morgan fingerprint density at radius 3 is 2.71 bits per heavy atom. The van der Waals surface area contributed by atoms with Gasteiger partial charge in [-0.2, -0.15) is 11.8 Å². The average Bonchev–Trinajstić information content (AvgIpc) is 2.29. The van der Waals surface area contributed by atoms with Crippen LogP contribution in [0.1, 0.15) is 20.3 Å². The van der Waals surface area contributed by atoms with Crippen molar-refractivity contribution >= 4 is 23.5 Å². The third-order valence-corrected chi connectivity index (χ3v) is 4.51. The van der Waals surface area contributed by atoms with Crippen LogP contribution in [0.2, 0.25) is 0 Å². The van der Waals surface area contributed by atoms with Crippen molar-refractivity contribution in [2.24, 2.45) is 0 Å². The summed E-state index contributed by atoms with van der Waals surface area (Å²) in [5, 5.41) is 3.20. The fourth-order valence-corrected chi connectivity index (χ4v) is 3.27. The summed E-state index contributed by atoms with van der Waals surface area (Å²) in [5.41, 5.74) is 1.29. The maximum Gasteiger partial charge on any atom is 0.0203 e. The Hall–Kier alpha value is -0.780. The molecule has 0 unspecified atom stereocenters. The van der Waals surface area contributed by atoms with E-state index >= 15 is 0 Å². The highest BCUT2D eigenvalue weighted by atomic mass is 32.2. The van der Waals surface area contributed by atoms with E-state index in [0.29, 0.717) is 4.75 Å². The van der Waals surface area contributed by atoms with Gasteiger partial charge < -0.3 is 0 Å². The normalized spacial score (nSPS) is 17.9. The smallest absolute Gasteiger partial charge is 0.0203 e. The van der Waals surface area contributed by atoms with Crippen molar-refractivity contribution in [1.82, 2.24) is 0 Å². The van der Waals surface area contributed by atoms with Gasteiger partial charge in [0.15, 0.2) is 0 Å². The molecule has 0 atom stereocenters. The van der Waals surface area contributed by atoms with E-state index in [9.17, 15) is 0 Å². The van der Waals surface area contributed by atoms with Gasteiger partial charge in [-0.3, -0.25) is 0 Å². The Kier molecular flexibility index (Phi) is 4.25. The van der Waals surface area contributed by atoms with E-state index in [1.165, 1.54) is 10.5 Å². The molecule has 0 radical (unpaired) electrons. The maximum atomic E-state index is 3.29. The Bertz CT molecular complexity index is 461. The fourth-order valence-electron chi connectivity index (χ4n) is 1.68. The fraction of sp³-hybridized carbons (Fsp3) is 0.333. The first-order chi connectivity index (χ1) is 8.16. The number of thioether (sulfide) groups is 2. The highest BCUT2D eigenvalue weighted by Gasteiger charge is 2.22. The van der Waals surface area contributed by atoms with E-state index in [1.807, 2.05) is 30.0 Å². The molecular weight excluding hydrogens is 244 g/mol. The molecule has 0 N–H and O–H groups in total. The van der Waals surface area contributed by atoms with Gasteiger partial charge >= 0.3 is 0 Å². The molecule has 1 aromatic rings. The predicted molar refractivity (Wildman–Crippen MR) is 79.3 cm³/mol. The summed E-state index contributed by atoms with van der Waals surface area (Å²) in [6, 6.07) is 10.3. The minimum atomic E-state index is 0.343. The molecule has 0 fully saturated rings. The molecule has 88 valence electrons. The van der Waals surface area contributed by atoms with E-state index < -0.39 is 0 Å². The van der Waals surface area contributed by atoms with E-state index in [-0.39, 0.29) is 0 Å². The molecule has 0 amide bonds. The van der Waals surface area contributed by atoms with Gasteiger partial charge in [0, 0.05) is 21.0 Å². The van der Waals surface area contributed by atoms with E-state index in [1.54, 1.807) is 11.8 Å². The molecule has 0 saturated heterocycles. The van der Waals surface area contributed by atoms with Crippen LogP contribution in [0.4, 0.5) is 0 Å². The average molecular weight is 260 g/mol. The second-order valence-corrected chi connectivity index (χ2v) is 7.23. The van der Waals surface area contributed by atoms with Gasteiger partial charge in [0.2, 0.25) is 0 Å². The Labute approximate surface area is 112 Å². The molecule has 0 nitrogen and oxygen atoms in total. The van der Waals surface area contributed by atoms with Crippen molar-refractivity contribution in [3.05, 3.63) is 42.0 Å². The van der Waals surface area contributed by atoms with Crippen LogP contribution in [-0.2, 0) is 0 Å². The number of hydrogen-bond donors (Lipinski definition) is 0. The van der Waals surface area contributed by atoms with Crippen LogP contribution in [0.5, 0.6) is 0 Å². The molecule has 2 rings (SSSR count). The lowest BCUT2D eigenvalue weighted by atomic mass is 10.0. The lowest BCUT2D eigenvalue weighted by Crippen LogP contribution is -2.19. The molecule has 0 aromatic heterocycles. The first kappa shape index (κ1) is 12.7. The molecule has 0 spiro atoms. The largest absolute Gasteiger partial charge is 0.151 e. The van der Waals surface area contributed by atoms with Gasteiger partial charge in [-0.05, 0) is 35.6 Å². The van der Waals surface area contributed by atoms with Crippen LogP contribution in [0.25, 0.3) is 0 Å². The van der Waals surface area contributed by atoms with Gasteiger partial charge in [0.05, 0.1) is 0 Å². The van der Waals surface area contributed by atoms with E-state index in [4.69, 9.17) is 0 Å². The Balaban J connectivity index is 1.96. The summed E-state index contributed by atoms with van der Waals surface area (Å²) in [5.74, 6) is 4.38. The Morgan fingerprint density at radius 1 is 1.24 bits per heavy atom. The number of hydrogen-bond acceptors (Lipinski definition) is 2. The first-order valence-corrected chi connectivity index (χ1v) is 7.52. The summed E-state index contributed by atoms with van der Waals surface area (Å²) in [6.45, 7) is 4.58. The minimum Gasteiger partial charge on any atom is -0.151 e.